The molecule has 13 heavy (non-hydrogen) atoms. The summed E-state index contributed by atoms with van der Waals surface area (Å²) in [4.78, 5) is 11.2. The van der Waals surface area contributed by atoms with Gasteiger partial charge in [-0.1, -0.05) is 13.8 Å². The Bertz CT molecular complexity index is 332. The summed E-state index contributed by atoms with van der Waals surface area (Å²) in [6, 6.07) is 0. The zero-order valence-corrected chi connectivity index (χ0v) is 8.89. The molecule has 1 heterocycles. The molecule has 0 aliphatic carbocycles. The summed E-state index contributed by atoms with van der Waals surface area (Å²) < 4.78 is 5.42. The van der Waals surface area contributed by atoms with Gasteiger partial charge in [0.25, 0.3) is 0 Å². The molecule has 0 aliphatic rings. The van der Waals surface area contributed by atoms with E-state index in [9.17, 15) is 4.79 Å². The number of Topliss-reactive ketones (excluding diaryl/α,β-unsaturated/α-hetero) is 1. The van der Waals surface area contributed by atoms with Gasteiger partial charge in [-0.3, -0.25) is 4.79 Å². The Balaban J connectivity index is 3.30. The van der Waals surface area contributed by atoms with E-state index >= 15 is 0 Å². The monoisotopic (exact) mass is 180 g/mol. The maximum Gasteiger partial charge on any atom is 0.195 e. The summed E-state index contributed by atoms with van der Waals surface area (Å²) in [6.45, 7) is 9.61. The molecule has 0 unspecified atom stereocenters. The second-order valence-electron chi connectivity index (χ2n) is 3.74. The highest BCUT2D eigenvalue weighted by molar-refractivity contribution is 5.93. The smallest absolute Gasteiger partial charge is 0.195 e. The van der Waals surface area contributed by atoms with Gasteiger partial charge in [0, 0.05) is 12.5 Å². The molecule has 0 amide bonds. The van der Waals surface area contributed by atoms with Crippen molar-refractivity contribution in [2.45, 2.75) is 40.5 Å². The highest BCUT2D eigenvalue weighted by atomic mass is 16.3. The molecule has 2 nitrogen and oxygen atoms in total. The quantitative estimate of drug-likeness (QED) is 0.654. The SMILES string of the molecule is CC(=O)c1oc(C)c(C(C)C)c1C. The summed E-state index contributed by atoms with van der Waals surface area (Å²) in [5.74, 6) is 1.81. The van der Waals surface area contributed by atoms with Crippen LogP contribution in [0.25, 0.3) is 0 Å². The number of rotatable bonds is 2. The van der Waals surface area contributed by atoms with E-state index in [2.05, 4.69) is 13.8 Å². The molecule has 0 saturated carbocycles. The highest BCUT2D eigenvalue weighted by Gasteiger charge is 2.18. The van der Waals surface area contributed by atoms with Crippen molar-refractivity contribution in [3.8, 4) is 0 Å². The van der Waals surface area contributed by atoms with E-state index in [0.29, 0.717) is 11.7 Å². The van der Waals surface area contributed by atoms with E-state index in [-0.39, 0.29) is 5.78 Å². The highest BCUT2D eigenvalue weighted by Crippen LogP contribution is 2.28. The minimum atomic E-state index is 0.00694. The second-order valence-corrected chi connectivity index (χ2v) is 3.74. The lowest BCUT2D eigenvalue weighted by atomic mass is 9.98. The summed E-state index contributed by atoms with van der Waals surface area (Å²) >= 11 is 0. The number of furan rings is 1. The van der Waals surface area contributed by atoms with E-state index in [1.54, 1.807) is 0 Å². The van der Waals surface area contributed by atoms with Gasteiger partial charge in [-0.2, -0.15) is 0 Å². The van der Waals surface area contributed by atoms with Crippen molar-refractivity contribution in [1.82, 2.24) is 0 Å². The zero-order valence-electron chi connectivity index (χ0n) is 8.89. The van der Waals surface area contributed by atoms with Crippen LogP contribution < -0.4 is 0 Å². The molecular weight excluding hydrogens is 164 g/mol. The van der Waals surface area contributed by atoms with Gasteiger partial charge in [-0.15, -0.1) is 0 Å². The Morgan fingerprint density at radius 1 is 1.31 bits per heavy atom. The van der Waals surface area contributed by atoms with E-state index in [4.69, 9.17) is 4.42 Å². The average molecular weight is 180 g/mol. The fourth-order valence-corrected chi connectivity index (χ4v) is 1.85. The topological polar surface area (TPSA) is 30.2 Å². The van der Waals surface area contributed by atoms with Gasteiger partial charge in [-0.25, -0.2) is 0 Å². The molecule has 1 aromatic rings. The lowest BCUT2D eigenvalue weighted by molar-refractivity contribution is 0.0985. The molecule has 0 spiro atoms. The van der Waals surface area contributed by atoms with Crippen molar-refractivity contribution < 1.29 is 9.21 Å². The van der Waals surface area contributed by atoms with Crippen LogP contribution in [-0.2, 0) is 0 Å². The molecule has 0 aliphatic heterocycles. The summed E-state index contributed by atoms with van der Waals surface area (Å²) in [5, 5.41) is 0. The molecule has 0 fully saturated rings. The van der Waals surface area contributed by atoms with Crippen LogP contribution in [0.5, 0.6) is 0 Å². The molecule has 0 atom stereocenters. The Labute approximate surface area is 78.9 Å². The van der Waals surface area contributed by atoms with Crippen LogP contribution in [0.4, 0.5) is 0 Å². The molecule has 0 N–H and O–H groups in total. The Kier molecular flexibility index (Phi) is 2.60. The molecular formula is C11H16O2. The molecule has 0 bridgehead atoms. The first-order valence-electron chi connectivity index (χ1n) is 4.56. The first-order chi connectivity index (χ1) is 5.95. The van der Waals surface area contributed by atoms with Crippen LogP contribution in [0.1, 0.15) is 54.1 Å². The number of hydrogen-bond donors (Lipinski definition) is 0. The maximum absolute atomic E-state index is 11.2. The van der Waals surface area contributed by atoms with Crippen LogP contribution in [0.3, 0.4) is 0 Å². The lowest BCUT2D eigenvalue weighted by Crippen LogP contribution is -1.94. The second kappa shape index (κ2) is 3.36. The van der Waals surface area contributed by atoms with Crippen molar-refractivity contribution in [1.29, 1.82) is 0 Å². The van der Waals surface area contributed by atoms with E-state index < -0.39 is 0 Å². The first-order valence-corrected chi connectivity index (χ1v) is 4.56. The van der Waals surface area contributed by atoms with Crippen molar-refractivity contribution in [2.24, 2.45) is 0 Å². The van der Waals surface area contributed by atoms with Crippen LogP contribution in [0.15, 0.2) is 4.42 Å². The molecule has 0 radical (unpaired) electrons. The molecule has 0 aromatic carbocycles. The van der Waals surface area contributed by atoms with E-state index in [0.717, 1.165) is 11.3 Å². The molecule has 72 valence electrons. The number of ketones is 1. The third kappa shape index (κ3) is 1.67. The van der Waals surface area contributed by atoms with E-state index in [1.807, 2.05) is 13.8 Å². The molecule has 1 rings (SSSR count). The Hall–Kier alpha value is -1.05. The van der Waals surface area contributed by atoms with Gasteiger partial charge >= 0.3 is 0 Å². The fourth-order valence-electron chi connectivity index (χ4n) is 1.85. The largest absolute Gasteiger partial charge is 0.458 e. The standard InChI is InChI=1S/C11H16O2/c1-6(2)10-7(3)11(8(4)12)13-9(10)5/h6H,1-5H3. The summed E-state index contributed by atoms with van der Waals surface area (Å²) in [5.41, 5.74) is 2.17. The zero-order chi connectivity index (χ0) is 10.2. The minimum absolute atomic E-state index is 0.00694. The van der Waals surface area contributed by atoms with Gasteiger partial charge < -0.3 is 4.42 Å². The van der Waals surface area contributed by atoms with Crippen molar-refractivity contribution in [3.63, 3.8) is 0 Å². The maximum atomic E-state index is 11.2. The predicted octanol–water partition coefficient (Wildman–Crippen LogP) is 3.22. The summed E-state index contributed by atoms with van der Waals surface area (Å²) in [7, 11) is 0. The third-order valence-corrected chi connectivity index (χ3v) is 2.28. The number of hydrogen-bond acceptors (Lipinski definition) is 2. The van der Waals surface area contributed by atoms with Crippen molar-refractivity contribution in [3.05, 3.63) is 22.6 Å². The first kappa shape index (κ1) is 10.0. The Morgan fingerprint density at radius 3 is 2.08 bits per heavy atom. The lowest BCUT2D eigenvalue weighted by Gasteiger charge is -2.03. The minimum Gasteiger partial charge on any atom is -0.458 e. The third-order valence-electron chi connectivity index (χ3n) is 2.28. The Morgan fingerprint density at radius 2 is 1.85 bits per heavy atom. The van der Waals surface area contributed by atoms with Crippen LogP contribution in [0.2, 0.25) is 0 Å². The van der Waals surface area contributed by atoms with Crippen molar-refractivity contribution >= 4 is 5.78 Å². The van der Waals surface area contributed by atoms with Gasteiger partial charge in [0.15, 0.2) is 11.5 Å². The van der Waals surface area contributed by atoms with Gasteiger partial charge in [0.05, 0.1) is 0 Å². The number of aryl methyl sites for hydroxylation is 1. The van der Waals surface area contributed by atoms with E-state index in [1.165, 1.54) is 12.5 Å². The molecule has 0 saturated heterocycles. The van der Waals surface area contributed by atoms with Crippen molar-refractivity contribution in [2.75, 3.05) is 0 Å². The molecule has 2 heteroatoms. The average Bonchev–Trinajstić information content (AvgIpc) is 2.26. The van der Waals surface area contributed by atoms with Gasteiger partial charge in [-0.05, 0) is 25.3 Å². The molecule has 1 aromatic heterocycles. The normalized spacial score (nSPS) is 10.9. The fraction of sp³-hybridized carbons (Fsp3) is 0.545. The summed E-state index contributed by atoms with van der Waals surface area (Å²) in [6.07, 6.45) is 0. The van der Waals surface area contributed by atoms with Crippen LogP contribution in [-0.4, -0.2) is 5.78 Å². The van der Waals surface area contributed by atoms with Gasteiger partial charge in [0.1, 0.15) is 5.76 Å². The van der Waals surface area contributed by atoms with Crippen LogP contribution in [0, 0.1) is 13.8 Å². The number of carbonyl (C=O) groups excluding carboxylic acids is 1. The predicted molar refractivity (Wildman–Crippen MR) is 52.3 cm³/mol. The van der Waals surface area contributed by atoms with Gasteiger partial charge in [0.2, 0.25) is 0 Å². The number of carbonyl (C=O) groups is 1. The van der Waals surface area contributed by atoms with Crippen LogP contribution >= 0.6 is 0 Å².